The number of anilines is 1. The van der Waals surface area contributed by atoms with Crippen LogP contribution in [-0.2, 0) is 10.9 Å². The van der Waals surface area contributed by atoms with Crippen molar-refractivity contribution in [2.24, 2.45) is 5.92 Å². The van der Waals surface area contributed by atoms with Gasteiger partial charge in [-0.25, -0.2) is 4.79 Å². The zero-order valence-corrected chi connectivity index (χ0v) is 15.3. The topological polar surface area (TPSA) is 38.3 Å². The Kier molecular flexibility index (Phi) is 4.65. The molecule has 2 aliphatic rings. The number of fused-ring (bicyclic) bond motifs is 3. The van der Waals surface area contributed by atoms with E-state index in [0.717, 1.165) is 17.3 Å². The normalized spacial score (nSPS) is 22.9. The molecule has 3 nitrogen and oxygen atoms in total. The minimum atomic E-state index is -4.41. The summed E-state index contributed by atoms with van der Waals surface area (Å²) in [5.74, 6) is -0.487. The van der Waals surface area contributed by atoms with E-state index in [4.69, 9.17) is 4.74 Å². The van der Waals surface area contributed by atoms with Crippen LogP contribution in [0.3, 0.4) is 0 Å². The van der Waals surface area contributed by atoms with Gasteiger partial charge in [-0.1, -0.05) is 30.4 Å². The van der Waals surface area contributed by atoms with E-state index in [2.05, 4.69) is 5.32 Å². The summed E-state index contributed by atoms with van der Waals surface area (Å²) in [5.41, 5.74) is 1.78. The van der Waals surface area contributed by atoms with Gasteiger partial charge in [0.2, 0.25) is 0 Å². The summed E-state index contributed by atoms with van der Waals surface area (Å²) in [6, 6.07) is 10.5. The van der Waals surface area contributed by atoms with Crippen molar-refractivity contribution in [1.29, 1.82) is 0 Å². The van der Waals surface area contributed by atoms with Gasteiger partial charge in [-0.3, -0.25) is 0 Å². The Bertz CT molecular complexity index is 936. The van der Waals surface area contributed by atoms with Gasteiger partial charge in [-0.2, -0.15) is 13.2 Å². The molecule has 4 rings (SSSR count). The summed E-state index contributed by atoms with van der Waals surface area (Å²) >= 11 is 0. The van der Waals surface area contributed by atoms with Gasteiger partial charge in [0.25, 0.3) is 0 Å². The summed E-state index contributed by atoms with van der Waals surface area (Å²) in [5, 5.41) is 3.30. The first kappa shape index (κ1) is 18.6. The van der Waals surface area contributed by atoms with E-state index in [1.165, 1.54) is 6.07 Å². The van der Waals surface area contributed by atoms with Crippen LogP contribution in [0.2, 0.25) is 0 Å². The van der Waals surface area contributed by atoms with Gasteiger partial charge in [0.1, 0.15) is 0 Å². The first-order valence-electron chi connectivity index (χ1n) is 9.30. The fourth-order valence-electron chi connectivity index (χ4n) is 4.27. The van der Waals surface area contributed by atoms with E-state index in [9.17, 15) is 18.0 Å². The summed E-state index contributed by atoms with van der Waals surface area (Å²) in [6.07, 6.45) is 0.306. The number of carbonyl (C=O) groups excluding carboxylic acids is 1. The Morgan fingerprint density at radius 1 is 1.18 bits per heavy atom. The summed E-state index contributed by atoms with van der Waals surface area (Å²) in [7, 11) is 0. The van der Waals surface area contributed by atoms with Crippen LogP contribution in [-0.4, -0.2) is 12.6 Å². The van der Waals surface area contributed by atoms with Gasteiger partial charge in [-0.05, 0) is 54.7 Å². The molecule has 0 spiro atoms. The van der Waals surface area contributed by atoms with Gasteiger partial charge in [0.15, 0.2) is 0 Å². The lowest BCUT2D eigenvalue weighted by Gasteiger charge is -2.38. The Morgan fingerprint density at radius 3 is 2.71 bits per heavy atom. The molecule has 0 saturated heterocycles. The number of rotatable bonds is 3. The van der Waals surface area contributed by atoms with E-state index in [1.54, 1.807) is 37.3 Å². The molecule has 0 amide bonds. The second kappa shape index (κ2) is 7.00. The number of benzene rings is 2. The van der Waals surface area contributed by atoms with Gasteiger partial charge in [-0.15, -0.1) is 0 Å². The molecule has 1 aliphatic heterocycles. The van der Waals surface area contributed by atoms with Crippen molar-refractivity contribution in [3.05, 3.63) is 76.9 Å². The Balaban J connectivity index is 1.76. The zero-order valence-electron chi connectivity index (χ0n) is 15.3. The minimum Gasteiger partial charge on any atom is -0.462 e. The van der Waals surface area contributed by atoms with Crippen molar-refractivity contribution in [2.45, 2.75) is 31.5 Å². The lowest BCUT2D eigenvalue weighted by molar-refractivity contribution is -0.138. The molecule has 1 N–H and O–H groups in total. The maximum absolute atomic E-state index is 13.6. The molecule has 0 radical (unpaired) electrons. The molecule has 1 heterocycles. The largest absolute Gasteiger partial charge is 0.462 e. The number of allylic oxidation sites excluding steroid dienone is 2. The molecule has 6 heteroatoms. The predicted octanol–water partition coefficient (Wildman–Crippen LogP) is 5.71. The standard InChI is InChI=1S/C22H20F3NO2/c1-2-28-21(27)13-10-11-19-17(12-13)14-7-5-8-15(14)20(26-19)16-6-3-4-9-18(16)22(23,24)25/h3-7,9-12,14-15,20,26H,2,8H2,1H3/t14-,15-,20+/m1/s1. The van der Waals surface area contributed by atoms with Crippen molar-refractivity contribution in [3.8, 4) is 0 Å². The number of carbonyl (C=O) groups is 1. The zero-order chi connectivity index (χ0) is 19.9. The number of alkyl halides is 3. The average Bonchev–Trinajstić information content (AvgIpc) is 3.16. The van der Waals surface area contributed by atoms with Crippen molar-refractivity contribution in [2.75, 3.05) is 11.9 Å². The maximum Gasteiger partial charge on any atom is 0.416 e. The highest BCUT2D eigenvalue weighted by atomic mass is 19.4. The van der Waals surface area contributed by atoms with Crippen LogP contribution < -0.4 is 5.32 Å². The van der Waals surface area contributed by atoms with Crippen molar-refractivity contribution < 1.29 is 22.7 Å². The van der Waals surface area contributed by atoms with Crippen LogP contribution in [0.4, 0.5) is 18.9 Å². The first-order valence-corrected chi connectivity index (χ1v) is 9.30. The Labute approximate surface area is 161 Å². The number of hydrogen-bond acceptors (Lipinski definition) is 3. The molecule has 0 fully saturated rings. The third-order valence-electron chi connectivity index (χ3n) is 5.48. The smallest absolute Gasteiger partial charge is 0.416 e. The van der Waals surface area contributed by atoms with Crippen LogP contribution in [0.5, 0.6) is 0 Å². The number of ether oxygens (including phenoxy) is 1. The molecular formula is C22H20F3NO2. The van der Waals surface area contributed by atoms with Crippen LogP contribution in [0.1, 0.15) is 52.4 Å². The Morgan fingerprint density at radius 2 is 1.96 bits per heavy atom. The highest BCUT2D eigenvalue weighted by molar-refractivity contribution is 5.90. The van der Waals surface area contributed by atoms with Gasteiger partial charge >= 0.3 is 12.1 Å². The lowest BCUT2D eigenvalue weighted by atomic mass is 9.75. The molecule has 28 heavy (non-hydrogen) atoms. The molecule has 146 valence electrons. The third-order valence-corrected chi connectivity index (χ3v) is 5.48. The number of esters is 1. The fraction of sp³-hybridized carbons (Fsp3) is 0.318. The number of nitrogens with one attached hydrogen (secondary N) is 1. The quantitative estimate of drug-likeness (QED) is 0.542. The molecule has 2 aromatic rings. The molecule has 3 atom stereocenters. The van der Waals surface area contributed by atoms with Gasteiger partial charge in [0.05, 0.1) is 23.8 Å². The van der Waals surface area contributed by atoms with Crippen LogP contribution in [0.15, 0.2) is 54.6 Å². The predicted molar refractivity (Wildman–Crippen MR) is 100 cm³/mol. The van der Waals surface area contributed by atoms with E-state index in [0.29, 0.717) is 12.0 Å². The molecular weight excluding hydrogens is 367 g/mol. The molecule has 0 bridgehead atoms. The van der Waals surface area contributed by atoms with E-state index >= 15 is 0 Å². The summed E-state index contributed by atoms with van der Waals surface area (Å²) < 4.78 is 45.8. The molecule has 1 aliphatic carbocycles. The molecule has 0 unspecified atom stereocenters. The number of halogens is 3. The van der Waals surface area contributed by atoms with Crippen molar-refractivity contribution in [3.63, 3.8) is 0 Å². The minimum absolute atomic E-state index is 0.0445. The SMILES string of the molecule is CCOC(=O)c1ccc2c(c1)[C@@H]1C=CC[C@H]1[C@@H](c1ccccc1C(F)(F)F)N2. The van der Waals surface area contributed by atoms with Crippen LogP contribution in [0.25, 0.3) is 0 Å². The highest BCUT2D eigenvalue weighted by Gasteiger charge is 2.42. The van der Waals surface area contributed by atoms with Gasteiger partial charge in [0, 0.05) is 11.6 Å². The monoisotopic (exact) mass is 387 g/mol. The third kappa shape index (κ3) is 3.17. The Hall–Kier alpha value is -2.76. The first-order chi connectivity index (χ1) is 13.4. The van der Waals surface area contributed by atoms with Crippen molar-refractivity contribution in [1.82, 2.24) is 0 Å². The van der Waals surface area contributed by atoms with E-state index < -0.39 is 23.8 Å². The second-order valence-electron chi connectivity index (χ2n) is 7.08. The van der Waals surface area contributed by atoms with Gasteiger partial charge < -0.3 is 10.1 Å². The van der Waals surface area contributed by atoms with E-state index in [1.807, 2.05) is 12.2 Å². The number of hydrogen-bond donors (Lipinski definition) is 1. The average molecular weight is 387 g/mol. The van der Waals surface area contributed by atoms with E-state index in [-0.39, 0.29) is 24.0 Å². The molecule has 0 saturated carbocycles. The fourth-order valence-corrected chi connectivity index (χ4v) is 4.27. The van der Waals surface area contributed by atoms with Crippen molar-refractivity contribution >= 4 is 11.7 Å². The summed E-state index contributed by atoms with van der Waals surface area (Å²) in [4.78, 5) is 12.1. The van der Waals surface area contributed by atoms with Crippen LogP contribution in [0, 0.1) is 5.92 Å². The summed E-state index contributed by atoms with van der Waals surface area (Å²) in [6.45, 7) is 2.03. The molecule has 0 aromatic heterocycles. The van der Waals surface area contributed by atoms with Crippen LogP contribution >= 0.6 is 0 Å². The second-order valence-corrected chi connectivity index (χ2v) is 7.08. The lowest BCUT2D eigenvalue weighted by Crippen LogP contribution is -2.31. The molecule has 2 aromatic carbocycles. The maximum atomic E-state index is 13.6. The highest BCUT2D eigenvalue weighted by Crippen LogP contribution is 2.51.